The molecule has 1 aromatic rings. The van der Waals surface area contributed by atoms with Crippen LogP contribution in [0.1, 0.15) is 69.8 Å². The van der Waals surface area contributed by atoms with Crippen molar-refractivity contribution in [3.63, 3.8) is 0 Å². The molecule has 0 radical (unpaired) electrons. The molecule has 2 bridgehead atoms. The third-order valence-corrected chi connectivity index (χ3v) is 9.63. The van der Waals surface area contributed by atoms with E-state index in [0.717, 1.165) is 42.4 Å². The highest BCUT2D eigenvalue weighted by Crippen LogP contribution is 2.49. The van der Waals surface area contributed by atoms with Crippen LogP contribution in [0, 0.1) is 23.7 Å². The number of fused-ring (bicyclic) bond motifs is 3. The van der Waals surface area contributed by atoms with Crippen molar-refractivity contribution in [1.82, 2.24) is 9.80 Å². The maximum absolute atomic E-state index is 5.38. The van der Waals surface area contributed by atoms with Gasteiger partial charge >= 0.3 is 0 Å². The molecule has 4 fully saturated rings. The second-order valence-corrected chi connectivity index (χ2v) is 11.4. The van der Waals surface area contributed by atoms with E-state index in [1.54, 1.807) is 7.11 Å². The number of methoxy groups -OCH3 is 1. The smallest absolute Gasteiger partial charge is 0.197 e. The van der Waals surface area contributed by atoms with Gasteiger partial charge in [0.15, 0.2) is 5.96 Å². The van der Waals surface area contributed by atoms with Crippen LogP contribution < -0.4 is 4.74 Å². The van der Waals surface area contributed by atoms with E-state index in [4.69, 9.17) is 9.73 Å². The molecule has 174 valence electrons. The zero-order valence-electron chi connectivity index (χ0n) is 19.9. The SMILES string of the molecule is COc1ccc(C[C@H]2CN3C(=NC[C@H]3C3CCCCC3)N2CCC2CC3CCC2C3)cc1. The van der Waals surface area contributed by atoms with Crippen molar-refractivity contribution in [1.29, 1.82) is 0 Å². The molecule has 0 aromatic heterocycles. The number of rotatable bonds is 7. The summed E-state index contributed by atoms with van der Waals surface area (Å²) >= 11 is 0. The lowest BCUT2D eigenvalue weighted by Gasteiger charge is -2.33. The van der Waals surface area contributed by atoms with Crippen LogP contribution in [0.4, 0.5) is 0 Å². The van der Waals surface area contributed by atoms with E-state index in [9.17, 15) is 0 Å². The van der Waals surface area contributed by atoms with Crippen LogP contribution in [-0.2, 0) is 6.42 Å². The molecule has 1 aromatic carbocycles. The first-order chi connectivity index (χ1) is 15.8. The Morgan fingerprint density at radius 1 is 0.969 bits per heavy atom. The molecule has 4 nitrogen and oxygen atoms in total. The summed E-state index contributed by atoms with van der Waals surface area (Å²) in [5.41, 5.74) is 1.43. The van der Waals surface area contributed by atoms with Crippen LogP contribution >= 0.6 is 0 Å². The van der Waals surface area contributed by atoms with Crippen molar-refractivity contribution in [2.75, 3.05) is 26.7 Å². The van der Waals surface area contributed by atoms with Crippen molar-refractivity contribution in [3.8, 4) is 5.75 Å². The number of hydrogen-bond acceptors (Lipinski definition) is 4. The van der Waals surface area contributed by atoms with Gasteiger partial charge < -0.3 is 14.5 Å². The summed E-state index contributed by atoms with van der Waals surface area (Å²) in [4.78, 5) is 10.7. The van der Waals surface area contributed by atoms with E-state index in [-0.39, 0.29) is 0 Å². The maximum atomic E-state index is 5.38. The topological polar surface area (TPSA) is 28.1 Å². The molecule has 32 heavy (non-hydrogen) atoms. The standard InChI is InChI=1S/C28H41N3O/c1-32-26-11-8-20(9-12-26)17-25-19-31-27(22-5-3-2-4-6-22)18-29-28(31)30(25)14-13-24-16-21-7-10-23(24)15-21/h8-9,11-12,21-25,27H,2-7,10,13-19H2,1H3/t21?,23?,24?,25-,27-/m0/s1. The molecule has 0 N–H and O–H groups in total. The van der Waals surface area contributed by atoms with Gasteiger partial charge in [0.05, 0.1) is 25.7 Å². The molecule has 0 spiro atoms. The Labute approximate surface area is 194 Å². The largest absolute Gasteiger partial charge is 0.497 e. The minimum Gasteiger partial charge on any atom is -0.497 e. The fourth-order valence-corrected chi connectivity index (χ4v) is 7.92. The number of aliphatic imine (C=N–C) groups is 1. The molecular formula is C28H41N3O. The molecular weight excluding hydrogens is 394 g/mol. The summed E-state index contributed by atoms with van der Waals surface area (Å²) in [5.74, 6) is 6.21. The first kappa shape index (κ1) is 20.9. The summed E-state index contributed by atoms with van der Waals surface area (Å²) in [5, 5.41) is 0. The highest BCUT2D eigenvalue weighted by Gasteiger charge is 2.45. The van der Waals surface area contributed by atoms with Crippen molar-refractivity contribution >= 4 is 5.96 Å². The summed E-state index contributed by atoms with van der Waals surface area (Å²) in [6.07, 6.45) is 15.6. The van der Waals surface area contributed by atoms with Gasteiger partial charge in [-0.25, -0.2) is 0 Å². The van der Waals surface area contributed by atoms with E-state index >= 15 is 0 Å². The van der Waals surface area contributed by atoms with E-state index in [1.165, 1.54) is 88.8 Å². The maximum Gasteiger partial charge on any atom is 0.197 e. The first-order valence-electron chi connectivity index (χ1n) is 13.5. The molecule has 4 heteroatoms. The highest BCUT2D eigenvalue weighted by atomic mass is 16.5. The van der Waals surface area contributed by atoms with Gasteiger partial charge in [0.25, 0.3) is 0 Å². The second kappa shape index (κ2) is 8.91. The van der Waals surface area contributed by atoms with E-state index in [2.05, 4.69) is 34.1 Å². The van der Waals surface area contributed by atoms with Gasteiger partial charge in [-0.15, -0.1) is 0 Å². The van der Waals surface area contributed by atoms with E-state index in [0.29, 0.717) is 12.1 Å². The molecule has 1 saturated heterocycles. The molecule has 5 atom stereocenters. The lowest BCUT2D eigenvalue weighted by Crippen LogP contribution is -2.41. The Hall–Kier alpha value is -1.71. The fourth-order valence-electron chi connectivity index (χ4n) is 7.92. The van der Waals surface area contributed by atoms with E-state index in [1.807, 2.05) is 0 Å². The average molecular weight is 436 g/mol. The summed E-state index contributed by atoms with van der Waals surface area (Å²) in [6, 6.07) is 9.98. The fraction of sp³-hybridized carbons (Fsp3) is 0.750. The van der Waals surface area contributed by atoms with Crippen LogP contribution in [0.2, 0.25) is 0 Å². The highest BCUT2D eigenvalue weighted by molar-refractivity contribution is 5.84. The van der Waals surface area contributed by atoms with Crippen LogP contribution in [0.25, 0.3) is 0 Å². The molecule has 6 rings (SSSR count). The van der Waals surface area contributed by atoms with Gasteiger partial charge in [-0.1, -0.05) is 37.8 Å². The Morgan fingerprint density at radius 2 is 1.81 bits per heavy atom. The lowest BCUT2D eigenvalue weighted by molar-refractivity contribution is 0.205. The van der Waals surface area contributed by atoms with Gasteiger partial charge in [-0.2, -0.15) is 0 Å². The van der Waals surface area contributed by atoms with Crippen LogP contribution in [0.15, 0.2) is 29.3 Å². The predicted molar refractivity (Wildman–Crippen MR) is 130 cm³/mol. The van der Waals surface area contributed by atoms with Crippen molar-refractivity contribution in [2.45, 2.75) is 82.7 Å². The summed E-state index contributed by atoms with van der Waals surface area (Å²) in [7, 11) is 1.75. The zero-order chi connectivity index (χ0) is 21.5. The van der Waals surface area contributed by atoms with Crippen LogP contribution in [0.5, 0.6) is 5.75 Å². The van der Waals surface area contributed by atoms with Crippen molar-refractivity contribution in [2.24, 2.45) is 28.7 Å². The van der Waals surface area contributed by atoms with Gasteiger partial charge in [0.2, 0.25) is 0 Å². The number of ether oxygens (including phenoxy) is 1. The molecule has 0 amide bonds. The van der Waals surface area contributed by atoms with Gasteiger partial charge in [0, 0.05) is 13.1 Å². The minimum absolute atomic E-state index is 0.562. The van der Waals surface area contributed by atoms with Gasteiger partial charge in [-0.05, 0) is 86.3 Å². The molecule has 2 heterocycles. The molecule has 2 aliphatic heterocycles. The number of guanidine groups is 1. The molecule has 3 unspecified atom stereocenters. The van der Waals surface area contributed by atoms with Crippen molar-refractivity contribution in [3.05, 3.63) is 29.8 Å². The number of benzene rings is 1. The molecule has 3 aliphatic carbocycles. The quantitative estimate of drug-likeness (QED) is 0.576. The normalized spacial score (nSPS) is 34.3. The monoisotopic (exact) mass is 435 g/mol. The number of hydrogen-bond donors (Lipinski definition) is 0. The summed E-state index contributed by atoms with van der Waals surface area (Å²) < 4.78 is 5.38. The molecule has 5 aliphatic rings. The number of nitrogens with zero attached hydrogens (tertiary/aromatic N) is 3. The van der Waals surface area contributed by atoms with Crippen LogP contribution in [-0.4, -0.2) is 54.6 Å². The minimum atomic E-state index is 0.562. The second-order valence-electron chi connectivity index (χ2n) is 11.4. The Bertz CT molecular complexity index is 814. The zero-order valence-corrected chi connectivity index (χ0v) is 19.9. The third-order valence-electron chi connectivity index (χ3n) is 9.63. The van der Waals surface area contributed by atoms with Crippen molar-refractivity contribution < 1.29 is 4.74 Å². The third kappa shape index (κ3) is 3.92. The summed E-state index contributed by atoms with van der Waals surface area (Å²) in [6.45, 7) is 3.42. The average Bonchev–Trinajstić information content (AvgIpc) is 3.61. The van der Waals surface area contributed by atoms with Crippen LogP contribution in [0.3, 0.4) is 0 Å². The lowest BCUT2D eigenvalue weighted by atomic mass is 9.83. The Kier molecular flexibility index (Phi) is 5.81. The van der Waals surface area contributed by atoms with Gasteiger partial charge in [0.1, 0.15) is 5.75 Å². The Balaban J connectivity index is 1.17. The van der Waals surface area contributed by atoms with Gasteiger partial charge in [-0.3, -0.25) is 4.99 Å². The first-order valence-corrected chi connectivity index (χ1v) is 13.5. The predicted octanol–water partition coefficient (Wildman–Crippen LogP) is 5.37. The molecule has 3 saturated carbocycles. The van der Waals surface area contributed by atoms with E-state index < -0.39 is 0 Å². The Morgan fingerprint density at radius 3 is 2.53 bits per heavy atom.